The Morgan fingerprint density at radius 1 is 1.38 bits per heavy atom. The van der Waals surface area contributed by atoms with Crippen LogP contribution in [-0.4, -0.2) is 17.1 Å². The number of furan rings is 1. The second-order valence-corrected chi connectivity index (χ2v) is 5.92. The van der Waals surface area contributed by atoms with Gasteiger partial charge in [0, 0.05) is 11.4 Å². The highest BCUT2D eigenvalue weighted by Gasteiger charge is 2.23. The molecule has 2 N–H and O–H groups in total. The van der Waals surface area contributed by atoms with Gasteiger partial charge >= 0.3 is 5.97 Å². The molecule has 1 aromatic heterocycles. The number of benzene rings is 1. The lowest BCUT2D eigenvalue weighted by atomic mass is 10.00. The van der Waals surface area contributed by atoms with E-state index in [0.29, 0.717) is 35.2 Å². The van der Waals surface area contributed by atoms with Crippen LogP contribution in [0.5, 0.6) is 0 Å². The van der Waals surface area contributed by atoms with Crippen molar-refractivity contribution in [1.82, 2.24) is 5.32 Å². The Kier molecular flexibility index (Phi) is 3.97. The first-order valence-electron chi connectivity index (χ1n) is 7.64. The van der Waals surface area contributed by atoms with Crippen molar-refractivity contribution in [3.05, 3.63) is 35.6 Å². The van der Waals surface area contributed by atoms with Crippen LogP contribution in [-0.2, 0) is 6.54 Å². The molecular weight excluding hydrogens is 266 g/mol. The van der Waals surface area contributed by atoms with Crippen LogP contribution < -0.4 is 5.32 Å². The third kappa shape index (κ3) is 2.81. The van der Waals surface area contributed by atoms with Gasteiger partial charge in [0.2, 0.25) is 0 Å². The lowest BCUT2D eigenvalue weighted by molar-refractivity contribution is 0.0696. The van der Waals surface area contributed by atoms with E-state index in [1.54, 1.807) is 6.07 Å². The van der Waals surface area contributed by atoms with E-state index in [4.69, 9.17) is 4.42 Å². The van der Waals surface area contributed by atoms with Gasteiger partial charge in [-0.25, -0.2) is 4.79 Å². The van der Waals surface area contributed by atoms with E-state index in [9.17, 15) is 9.90 Å². The summed E-state index contributed by atoms with van der Waals surface area (Å²) in [5, 5.41) is 13.6. The standard InChI is InChI=1S/C17H21NO3/c1-11(12-6-2-3-7-12)18-10-15-16(17(19)20)13-8-4-5-9-14(13)21-15/h4-5,8-9,11-12,18H,2-3,6-7,10H2,1H3,(H,19,20)/t11-/m1/s1. The summed E-state index contributed by atoms with van der Waals surface area (Å²) in [6, 6.07) is 7.69. The first-order valence-corrected chi connectivity index (χ1v) is 7.64. The fraction of sp³-hybridized carbons (Fsp3) is 0.471. The predicted octanol–water partition coefficient (Wildman–Crippen LogP) is 3.80. The van der Waals surface area contributed by atoms with E-state index in [1.807, 2.05) is 18.2 Å². The number of carboxylic acid groups (broad SMARTS) is 1. The van der Waals surface area contributed by atoms with Gasteiger partial charge in [-0.1, -0.05) is 31.0 Å². The minimum absolute atomic E-state index is 0.289. The van der Waals surface area contributed by atoms with Crippen LogP contribution in [0.1, 0.15) is 48.7 Å². The van der Waals surface area contributed by atoms with Crippen molar-refractivity contribution in [2.24, 2.45) is 5.92 Å². The molecule has 3 rings (SSSR count). The zero-order valence-corrected chi connectivity index (χ0v) is 12.3. The van der Waals surface area contributed by atoms with E-state index in [1.165, 1.54) is 25.7 Å². The van der Waals surface area contributed by atoms with E-state index in [0.717, 1.165) is 0 Å². The van der Waals surface area contributed by atoms with Gasteiger partial charge in [0.1, 0.15) is 16.9 Å². The van der Waals surface area contributed by atoms with Crippen molar-refractivity contribution >= 4 is 16.9 Å². The molecule has 0 bridgehead atoms. The molecule has 21 heavy (non-hydrogen) atoms. The van der Waals surface area contributed by atoms with Crippen molar-refractivity contribution < 1.29 is 14.3 Å². The highest BCUT2D eigenvalue weighted by atomic mass is 16.4. The van der Waals surface area contributed by atoms with Crippen LogP contribution in [0.15, 0.2) is 28.7 Å². The second-order valence-electron chi connectivity index (χ2n) is 5.92. The molecule has 1 heterocycles. The van der Waals surface area contributed by atoms with E-state index in [-0.39, 0.29) is 5.56 Å². The molecule has 1 aromatic carbocycles. The Bertz CT molecular complexity index is 641. The molecule has 4 heteroatoms. The van der Waals surface area contributed by atoms with Crippen LogP contribution in [0.25, 0.3) is 11.0 Å². The topological polar surface area (TPSA) is 62.5 Å². The fourth-order valence-electron chi connectivity index (χ4n) is 3.33. The van der Waals surface area contributed by atoms with Crippen LogP contribution in [0.2, 0.25) is 0 Å². The number of aromatic carboxylic acids is 1. The first-order chi connectivity index (χ1) is 10.2. The molecule has 1 saturated carbocycles. The summed E-state index contributed by atoms with van der Waals surface area (Å²) in [6.07, 6.45) is 5.14. The summed E-state index contributed by atoms with van der Waals surface area (Å²) < 4.78 is 5.73. The number of carboxylic acids is 1. The Balaban J connectivity index is 1.79. The molecule has 1 fully saturated rings. The highest BCUT2D eigenvalue weighted by Crippen LogP contribution is 2.29. The maximum Gasteiger partial charge on any atom is 0.339 e. The van der Waals surface area contributed by atoms with Crippen LogP contribution in [0.3, 0.4) is 0 Å². The zero-order valence-electron chi connectivity index (χ0n) is 12.3. The van der Waals surface area contributed by atoms with Gasteiger partial charge < -0.3 is 14.8 Å². The number of carbonyl (C=O) groups is 1. The lowest BCUT2D eigenvalue weighted by Crippen LogP contribution is -2.32. The molecule has 0 radical (unpaired) electrons. The van der Waals surface area contributed by atoms with E-state index in [2.05, 4.69) is 12.2 Å². The van der Waals surface area contributed by atoms with Gasteiger partial charge in [0.15, 0.2) is 0 Å². The second kappa shape index (κ2) is 5.90. The SMILES string of the molecule is C[C@@H](NCc1oc2ccccc2c1C(=O)O)C1CCCC1. The molecule has 1 aliphatic carbocycles. The van der Waals surface area contributed by atoms with Crippen molar-refractivity contribution in [2.75, 3.05) is 0 Å². The zero-order chi connectivity index (χ0) is 14.8. The summed E-state index contributed by atoms with van der Waals surface area (Å²) in [4.78, 5) is 11.5. The van der Waals surface area contributed by atoms with Gasteiger partial charge in [0.05, 0.1) is 6.54 Å². The summed E-state index contributed by atoms with van der Waals surface area (Å²) in [5.41, 5.74) is 0.928. The van der Waals surface area contributed by atoms with Crippen molar-refractivity contribution in [2.45, 2.75) is 45.2 Å². The summed E-state index contributed by atoms with van der Waals surface area (Å²) in [6.45, 7) is 2.65. The van der Waals surface area contributed by atoms with Gasteiger partial charge in [-0.05, 0) is 31.7 Å². The van der Waals surface area contributed by atoms with Crippen LogP contribution in [0, 0.1) is 5.92 Å². The number of hydrogen-bond acceptors (Lipinski definition) is 3. The maximum absolute atomic E-state index is 11.5. The molecule has 1 aliphatic rings. The third-order valence-electron chi connectivity index (χ3n) is 4.57. The maximum atomic E-state index is 11.5. The van der Waals surface area contributed by atoms with Gasteiger partial charge in [0.25, 0.3) is 0 Å². The Morgan fingerprint density at radius 3 is 2.81 bits per heavy atom. The predicted molar refractivity (Wildman–Crippen MR) is 81.4 cm³/mol. The molecule has 112 valence electrons. The number of hydrogen-bond donors (Lipinski definition) is 2. The summed E-state index contributed by atoms with van der Waals surface area (Å²) in [7, 11) is 0. The van der Waals surface area contributed by atoms with Gasteiger partial charge in [-0.3, -0.25) is 0 Å². The minimum atomic E-state index is -0.926. The average Bonchev–Trinajstić information content (AvgIpc) is 3.11. The lowest BCUT2D eigenvalue weighted by Gasteiger charge is -2.19. The molecule has 4 nitrogen and oxygen atoms in total. The Labute approximate surface area is 124 Å². The molecule has 0 amide bonds. The van der Waals surface area contributed by atoms with Crippen molar-refractivity contribution in [3.63, 3.8) is 0 Å². The fourth-order valence-corrected chi connectivity index (χ4v) is 3.33. The monoisotopic (exact) mass is 287 g/mol. The average molecular weight is 287 g/mol. The quantitative estimate of drug-likeness (QED) is 0.878. The third-order valence-corrected chi connectivity index (χ3v) is 4.57. The summed E-state index contributed by atoms with van der Waals surface area (Å²) in [5.74, 6) is 0.293. The van der Waals surface area contributed by atoms with Gasteiger partial charge in [-0.15, -0.1) is 0 Å². The van der Waals surface area contributed by atoms with Crippen LogP contribution in [0.4, 0.5) is 0 Å². The minimum Gasteiger partial charge on any atom is -0.478 e. The van der Waals surface area contributed by atoms with Gasteiger partial charge in [-0.2, -0.15) is 0 Å². The smallest absolute Gasteiger partial charge is 0.339 e. The molecule has 0 spiro atoms. The molecule has 1 atom stereocenters. The molecule has 0 unspecified atom stereocenters. The number of fused-ring (bicyclic) bond motifs is 1. The Hall–Kier alpha value is -1.81. The normalized spacial score (nSPS) is 17.4. The van der Waals surface area contributed by atoms with Crippen molar-refractivity contribution in [3.8, 4) is 0 Å². The number of rotatable bonds is 5. The molecule has 0 saturated heterocycles. The van der Waals surface area contributed by atoms with Crippen molar-refractivity contribution in [1.29, 1.82) is 0 Å². The summed E-state index contributed by atoms with van der Waals surface area (Å²) >= 11 is 0. The van der Waals surface area contributed by atoms with Crippen LogP contribution >= 0.6 is 0 Å². The van der Waals surface area contributed by atoms with E-state index < -0.39 is 5.97 Å². The largest absolute Gasteiger partial charge is 0.478 e. The highest BCUT2D eigenvalue weighted by molar-refractivity contribution is 6.03. The number of para-hydroxylation sites is 1. The number of nitrogens with one attached hydrogen (secondary N) is 1. The Morgan fingerprint density at radius 2 is 2.10 bits per heavy atom. The molecular formula is C17H21NO3. The molecule has 0 aliphatic heterocycles. The first kappa shape index (κ1) is 14.1. The molecule has 2 aromatic rings. The van der Waals surface area contributed by atoms with E-state index >= 15 is 0 Å².